The van der Waals surface area contributed by atoms with Gasteiger partial charge in [0.15, 0.2) is 0 Å². The zero-order chi connectivity index (χ0) is 21.5. The highest BCUT2D eigenvalue weighted by Gasteiger charge is 2.12. The van der Waals surface area contributed by atoms with Gasteiger partial charge < -0.3 is 9.47 Å². The van der Waals surface area contributed by atoms with Gasteiger partial charge in [-0.3, -0.25) is 4.79 Å². The number of carbonyl (C=O) groups excluding carboxylic acids is 2. The van der Waals surface area contributed by atoms with Gasteiger partial charge in [-0.2, -0.15) is 5.10 Å². The van der Waals surface area contributed by atoms with E-state index in [4.69, 9.17) is 9.47 Å². The third kappa shape index (κ3) is 5.77. The summed E-state index contributed by atoms with van der Waals surface area (Å²) in [7, 11) is 1.55. The summed E-state index contributed by atoms with van der Waals surface area (Å²) in [6.07, 6.45) is 1.41. The maximum atomic E-state index is 12.5. The third-order valence-corrected chi connectivity index (χ3v) is 5.00. The molecule has 3 aromatic carbocycles. The fourth-order valence-electron chi connectivity index (χ4n) is 2.43. The lowest BCUT2D eigenvalue weighted by molar-refractivity contribution is 0.0734. The van der Waals surface area contributed by atoms with Crippen LogP contribution in [-0.4, -0.2) is 25.2 Å². The maximum Gasteiger partial charge on any atom is 0.343 e. The minimum absolute atomic E-state index is 0.306. The number of ether oxygens (including phenoxy) is 2. The van der Waals surface area contributed by atoms with E-state index in [1.807, 2.05) is 0 Å². The number of nitrogens with zero attached hydrogens (tertiary/aromatic N) is 1. The smallest absolute Gasteiger partial charge is 0.343 e. The second kappa shape index (κ2) is 10.2. The lowest BCUT2D eigenvalue weighted by Gasteiger charge is -2.08. The molecule has 8 heteroatoms. The van der Waals surface area contributed by atoms with E-state index in [2.05, 4.69) is 42.4 Å². The molecule has 6 nitrogen and oxygen atoms in total. The average molecular weight is 532 g/mol. The van der Waals surface area contributed by atoms with Crippen LogP contribution in [0.4, 0.5) is 0 Å². The van der Waals surface area contributed by atoms with E-state index in [1.165, 1.54) is 6.21 Å². The number of halogens is 2. The number of carbonyl (C=O) groups is 2. The third-order valence-electron chi connectivity index (χ3n) is 3.98. The highest BCUT2D eigenvalue weighted by molar-refractivity contribution is 9.10. The molecule has 0 radical (unpaired) electrons. The first-order chi connectivity index (χ1) is 14.5. The molecule has 0 aliphatic rings. The van der Waals surface area contributed by atoms with Crippen LogP contribution in [0.15, 0.2) is 80.8 Å². The molecular formula is C22H16Br2N2O4. The molecule has 1 N–H and O–H groups in total. The van der Waals surface area contributed by atoms with Crippen molar-refractivity contribution in [2.45, 2.75) is 0 Å². The number of hydrogen-bond acceptors (Lipinski definition) is 5. The monoisotopic (exact) mass is 530 g/mol. The standard InChI is InChI=1S/C22H16Br2N2O4/c1-29-19-9-4-15(5-10-19)22(28)30-20-11-8-18(24)12-16(20)13-25-26-21(27)14-2-6-17(23)7-3-14/h2-13H,1H3,(H,26,27). The van der Waals surface area contributed by atoms with E-state index in [9.17, 15) is 9.59 Å². The Labute approximate surface area is 190 Å². The Kier molecular flexibility index (Phi) is 7.37. The summed E-state index contributed by atoms with van der Waals surface area (Å²) < 4.78 is 12.2. The van der Waals surface area contributed by atoms with Crippen LogP contribution in [0.2, 0.25) is 0 Å². The molecule has 0 fully saturated rings. The number of nitrogens with one attached hydrogen (secondary N) is 1. The number of amides is 1. The highest BCUT2D eigenvalue weighted by atomic mass is 79.9. The fraction of sp³-hybridized carbons (Fsp3) is 0.0455. The van der Waals surface area contributed by atoms with Gasteiger partial charge in [0.2, 0.25) is 0 Å². The summed E-state index contributed by atoms with van der Waals surface area (Å²) >= 11 is 6.70. The Bertz CT molecular complexity index is 1080. The molecule has 30 heavy (non-hydrogen) atoms. The molecule has 0 heterocycles. The molecular weight excluding hydrogens is 516 g/mol. The van der Waals surface area contributed by atoms with E-state index in [0.29, 0.717) is 28.2 Å². The molecule has 0 spiro atoms. The van der Waals surface area contributed by atoms with E-state index < -0.39 is 5.97 Å². The Morgan fingerprint density at radius 2 is 1.53 bits per heavy atom. The summed E-state index contributed by atoms with van der Waals surface area (Å²) in [6, 6.07) is 18.6. The largest absolute Gasteiger partial charge is 0.497 e. The number of hydrogen-bond donors (Lipinski definition) is 1. The fourth-order valence-corrected chi connectivity index (χ4v) is 3.07. The lowest BCUT2D eigenvalue weighted by Crippen LogP contribution is -2.17. The van der Waals surface area contributed by atoms with Gasteiger partial charge in [0.05, 0.1) is 18.9 Å². The highest BCUT2D eigenvalue weighted by Crippen LogP contribution is 2.23. The van der Waals surface area contributed by atoms with Crippen molar-refractivity contribution < 1.29 is 19.1 Å². The van der Waals surface area contributed by atoms with E-state index in [1.54, 1.807) is 73.8 Å². The van der Waals surface area contributed by atoms with E-state index in [-0.39, 0.29) is 5.91 Å². The van der Waals surface area contributed by atoms with E-state index >= 15 is 0 Å². The second-order valence-electron chi connectivity index (χ2n) is 6.01. The lowest BCUT2D eigenvalue weighted by atomic mass is 10.2. The summed E-state index contributed by atoms with van der Waals surface area (Å²) in [6.45, 7) is 0. The second-order valence-corrected chi connectivity index (χ2v) is 7.84. The predicted octanol–water partition coefficient (Wildman–Crippen LogP) is 5.20. The van der Waals surface area contributed by atoms with E-state index in [0.717, 1.165) is 8.95 Å². The van der Waals surface area contributed by atoms with Crippen molar-refractivity contribution in [3.63, 3.8) is 0 Å². The summed E-state index contributed by atoms with van der Waals surface area (Å²) in [5, 5.41) is 3.98. The molecule has 0 aromatic heterocycles. The van der Waals surface area contributed by atoms with Gasteiger partial charge in [-0.25, -0.2) is 10.2 Å². The van der Waals surface area contributed by atoms with Crippen LogP contribution < -0.4 is 14.9 Å². The number of methoxy groups -OCH3 is 1. The number of rotatable bonds is 6. The zero-order valence-corrected chi connectivity index (χ0v) is 18.9. The molecule has 0 atom stereocenters. The molecule has 0 aliphatic heterocycles. The van der Waals surface area contributed by atoms with Crippen LogP contribution in [-0.2, 0) is 0 Å². The first kappa shape index (κ1) is 21.7. The summed E-state index contributed by atoms with van der Waals surface area (Å²) in [5.74, 6) is 0.0734. The first-order valence-corrected chi connectivity index (χ1v) is 10.3. The topological polar surface area (TPSA) is 77.0 Å². The molecule has 152 valence electrons. The van der Waals surface area contributed by atoms with Gasteiger partial charge >= 0.3 is 5.97 Å². The molecule has 0 saturated carbocycles. The van der Waals surface area contributed by atoms with Crippen LogP contribution in [0.3, 0.4) is 0 Å². The van der Waals surface area contributed by atoms with Crippen LogP contribution >= 0.6 is 31.9 Å². The number of hydrazone groups is 1. The van der Waals surface area contributed by atoms with Crippen LogP contribution in [0.25, 0.3) is 0 Å². The molecule has 0 unspecified atom stereocenters. The molecule has 0 bridgehead atoms. The van der Waals surface area contributed by atoms with Gasteiger partial charge in [0.25, 0.3) is 5.91 Å². The average Bonchev–Trinajstić information content (AvgIpc) is 2.76. The molecule has 0 aliphatic carbocycles. The van der Waals surface area contributed by atoms with Gasteiger partial charge in [-0.05, 0) is 66.7 Å². The van der Waals surface area contributed by atoms with Crippen molar-refractivity contribution in [3.8, 4) is 11.5 Å². The molecule has 0 saturated heterocycles. The molecule has 3 rings (SSSR count). The quantitative estimate of drug-likeness (QED) is 0.205. The number of benzene rings is 3. The Morgan fingerprint density at radius 3 is 2.20 bits per heavy atom. The SMILES string of the molecule is COc1ccc(C(=O)Oc2ccc(Br)cc2C=NNC(=O)c2ccc(Br)cc2)cc1. The van der Waals surface area contributed by atoms with Crippen molar-refractivity contribution in [2.24, 2.45) is 5.10 Å². The summed E-state index contributed by atoms with van der Waals surface area (Å²) in [4.78, 5) is 24.6. The van der Waals surface area contributed by atoms with Crippen LogP contribution in [0.5, 0.6) is 11.5 Å². The van der Waals surface area contributed by atoms with Crippen LogP contribution in [0, 0.1) is 0 Å². The van der Waals surface area contributed by atoms with Crippen molar-refractivity contribution in [1.82, 2.24) is 5.43 Å². The van der Waals surface area contributed by atoms with Gasteiger partial charge in [-0.1, -0.05) is 31.9 Å². The Hall–Kier alpha value is -2.97. The van der Waals surface area contributed by atoms with Gasteiger partial charge in [0, 0.05) is 20.1 Å². The maximum absolute atomic E-state index is 12.5. The Morgan fingerprint density at radius 1 is 0.900 bits per heavy atom. The number of esters is 1. The van der Waals surface area contributed by atoms with Crippen LogP contribution in [0.1, 0.15) is 26.3 Å². The minimum atomic E-state index is -0.520. The Balaban J connectivity index is 1.72. The predicted molar refractivity (Wildman–Crippen MR) is 121 cm³/mol. The van der Waals surface area contributed by atoms with Crippen molar-refractivity contribution >= 4 is 50.0 Å². The molecule has 3 aromatic rings. The van der Waals surface area contributed by atoms with Crippen molar-refractivity contribution in [2.75, 3.05) is 7.11 Å². The van der Waals surface area contributed by atoms with Crippen molar-refractivity contribution in [3.05, 3.63) is 92.4 Å². The van der Waals surface area contributed by atoms with Gasteiger partial charge in [-0.15, -0.1) is 0 Å². The van der Waals surface area contributed by atoms with Gasteiger partial charge in [0.1, 0.15) is 11.5 Å². The summed E-state index contributed by atoms with van der Waals surface area (Å²) in [5.41, 5.74) is 3.82. The molecule has 1 amide bonds. The normalized spacial score (nSPS) is 10.6. The van der Waals surface area contributed by atoms with Crippen molar-refractivity contribution in [1.29, 1.82) is 0 Å². The zero-order valence-electron chi connectivity index (χ0n) is 15.8. The first-order valence-electron chi connectivity index (χ1n) is 8.71. The minimum Gasteiger partial charge on any atom is -0.497 e.